The van der Waals surface area contributed by atoms with Crippen LogP contribution in [0.2, 0.25) is 0 Å². The van der Waals surface area contributed by atoms with Crippen molar-refractivity contribution in [2.45, 2.75) is 56.7 Å². The second-order valence-corrected chi connectivity index (χ2v) is 9.92. The van der Waals surface area contributed by atoms with Gasteiger partial charge in [0.25, 0.3) is 0 Å². The third kappa shape index (κ3) is 10.4. The van der Waals surface area contributed by atoms with E-state index < -0.39 is 24.3 Å². The maximum absolute atomic E-state index is 10.6. The summed E-state index contributed by atoms with van der Waals surface area (Å²) in [5.41, 5.74) is -0.00298. The number of halogens is 6. The molecule has 0 bridgehead atoms. The first-order valence-electron chi connectivity index (χ1n) is 11.1. The normalized spacial score (nSPS) is 21.6. The lowest BCUT2D eigenvalue weighted by Gasteiger charge is -2.39. The Hall–Kier alpha value is -2.98. The number of hydrogen-bond donors (Lipinski definition) is 3. The highest BCUT2D eigenvalue weighted by molar-refractivity contribution is 7.11. The largest absolute Gasteiger partial charge is 0.490 e. The van der Waals surface area contributed by atoms with Gasteiger partial charge in [-0.15, -0.1) is 11.3 Å². The summed E-state index contributed by atoms with van der Waals surface area (Å²) in [6.07, 6.45) is -3.23. The Bertz CT molecular complexity index is 1030. The van der Waals surface area contributed by atoms with Gasteiger partial charge in [-0.25, -0.2) is 19.6 Å². The van der Waals surface area contributed by atoms with Crippen LogP contribution in [0.3, 0.4) is 0 Å². The molecular weight excluding hydrogens is 546 g/mol. The van der Waals surface area contributed by atoms with E-state index in [9.17, 15) is 26.3 Å². The van der Waals surface area contributed by atoms with E-state index in [4.69, 9.17) is 24.5 Å². The Kier molecular flexibility index (Phi) is 10.8. The van der Waals surface area contributed by atoms with Gasteiger partial charge in [0.15, 0.2) is 0 Å². The second kappa shape index (κ2) is 13.2. The molecular formula is C22H26F6N4O5S. The Balaban J connectivity index is 0.000000301. The van der Waals surface area contributed by atoms with Crippen LogP contribution in [-0.4, -0.2) is 80.7 Å². The summed E-state index contributed by atoms with van der Waals surface area (Å²) in [5.74, 6) is -4.81. The molecule has 2 aromatic heterocycles. The van der Waals surface area contributed by atoms with Crippen LogP contribution in [0.5, 0.6) is 0 Å². The van der Waals surface area contributed by atoms with E-state index >= 15 is 0 Å². The number of carboxylic acid groups (broad SMARTS) is 2. The van der Waals surface area contributed by atoms with Crippen LogP contribution in [0.25, 0.3) is 0 Å². The number of carbonyl (C=O) groups is 2. The number of ether oxygens (including phenoxy) is 1. The molecule has 0 amide bonds. The molecule has 2 aliphatic heterocycles. The number of aryl methyl sites for hydroxylation is 1. The fourth-order valence-corrected chi connectivity index (χ4v) is 4.83. The number of rotatable bonds is 4. The number of nitrogens with one attached hydrogen (secondary N) is 1. The monoisotopic (exact) mass is 572 g/mol. The molecule has 0 radical (unpaired) electrons. The fourth-order valence-electron chi connectivity index (χ4n) is 3.89. The van der Waals surface area contributed by atoms with E-state index in [-0.39, 0.29) is 5.60 Å². The number of alkyl halides is 6. The van der Waals surface area contributed by atoms with Crippen LogP contribution < -0.4 is 5.32 Å². The number of anilines is 1. The molecule has 4 rings (SSSR count). The van der Waals surface area contributed by atoms with Crippen LogP contribution in [0, 0.1) is 6.92 Å². The lowest BCUT2D eigenvalue weighted by atomic mass is 9.88. The summed E-state index contributed by atoms with van der Waals surface area (Å²) >= 11 is 1.90. The highest BCUT2D eigenvalue weighted by Gasteiger charge is 2.43. The van der Waals surface area contributed by atoms with Crippen molar-refractivity contribution in [2.24, 2.45) is 0 Å². The molecule has 2 aliphatic rings. The molecule has 2 atom stereocenters. The molecule has 1 spiro atoms. The maximum Gasteiger partial charge on any atom is 0.490 e. The summed E-state index contributed by atoms with van der Waals surface area (Å²) in [6, 6.07) is 6.61. The number of piperidine rings is 1. The standard InChI is InChI=1S/C18H24N4OS.2C2HF3O2/c1-14-4-5-16(24-14)11-22-9-2-6-18(13-22)10-15(12-23-18)21-17-19-7-3-8-20-17;2*3-2(4,5)1(6)7/h3-5,7-8,15H,2,6,9-13H2,1H3,(H,19,20,21);2*(H,6,7). The number of aromatic nitrogens is 2. The molecule has 38 heavy (non-hydrogen) atoms. The molecule has 212 valence electrons. The van der Waals surface area contributed by atoms with Gasteiger partial charge in [-0.3, -0.25) is 4.90 Å². The van der Waals surface area contributed by atoms with Gasteiger partial charge in [0.2, 0.25) is 5.95 Å². The number of aliphatic carboxylic acids is 2. The van der Waals surface area contributed by atoms with Crippen molar-refractivity contribution in [3.05, 3.63) is 40.3 Å². The molecule has 4 heterocycles. The Morgan fingerprint density at radius 2 is 1.71 bits per heavy atom. The molecule has 3 N–H and O–H groups in total. The fraction of sp³-hybridized carbons (Fsp3) is 0.545. The SMILES string of the molecule is Cc1ccc(CN2CCCC3(CC(Nc4ncccn4)CO3)C2)s1.O=C(O)C(F)(F)F.O=C(O)C(F)(F)F. The van der Waals surface area contributed by atoms with E-state index in [0.717, 1.165) is 32.5 Å². The van der Waals surface area contributed by atoms with Gasteiger partial charge in [-0.2, -0.15) is 26.3 Å². The van der Waals surface area contributed by atoms with Crippen molar-refractivity contribution >= 4 is 29.2 Å². The number of hydrogen-bond acceptors (Lipinski definition) is 8. The summed E-state index contributed by atoms with van der Waals surface area (Å²) in [7, 11) is 0. The zero-order valence-corrected chi connectivity index (χ0v) is 20.9. The van der Waals surface area contributed by atoms with Crippen LogP contribution >= 0.6 is 11.3 Å². The highest BCUT2D eigenvalue weighted by atomic mass is 32.1. The van der Waals surface area contributed by atoms with Gasteiger partial charge in [0, 0.05) is 41.7 Å². The van der Waals surface area contributed by atoms with Crippen molar-refractivity contribution in [2.75, 3.05) is 25.0 Å². The lowest BCUT2D eigenvalue weighted by molar-refractivity contribution is -0.193. The van der Waals surface area contributed by atoms with E-state index in [0.29, 0.717) is 12.0 Å². The summed E-state index contributed by atoms with van der Waals surface area (Å²) < 4.78 is 69.8. The molecule has 2 saturated heterocycles. The van der Waals surface area contributed by atoms with Crippen molar-refractivity contribution < 1.29 is 50.9 Å². The van der Waals surface area contributed by atoms with Gasteiger partial charge in [-0.1, -0.05) is 0 Å². The minimum Gasteiger partial charge on any atom is -0.475 e. The second-order valence-electron chi connectivity index (χ2n) is 8.54. The average molecular weight is 573 g/mol. The minimum absolute atomic E-state index is 0.00298. The van der Waals surface area contributed by atoms with Crippen molar-refractivity contribution in [1.82, 2.24) is 14.9 Å². The van der Waals surface area contributed by atoms with E-state index in [1.54, 1.807) is 12.4 Å². The summed E-state index contributed by atoms with van der Waals surface area (Å²) in [4.78, 5) is 31.7. The van der Waals surface area contributed by atoms with Gasteiger partial charge in [0.1, 0.15) is 0 Å². The lowest BCUT2D eigenvalue weighted by Crippen LogP contribution is -2.47. The van der Waals surface area contributed by atoms with Crippen molar-refractivity contribution in [3.63, 3.8) is 0 Å². The highest BCUT2D eigenvalue weighted by Crippen LogP contribution is 2.36. The van der Waals surface area contributed by atoms with Gasteiger partial charge < -0.3 is 20.3 Å². The Labute approximate surface area is 217 Å². The van der Waals surface area contributed by atoms with Crippen LogP contribution in [0.1, 0.15) is 29.0 Å². The molecule has 0 aromatic carbocycles. The first-order valence-corrected chi connectivity index (χ1v) is 12.0. The first-order chi connectivity index (χ1) is 17.6. The zero-order valence-electron chi connectivity index (χ0n) is 20.1. The van der Waals surface area contributed by atoms with Crippen molar-refractivity contribution in [3.8, 4) is 0 Å². The first kappa shape index (κ1) is 31.2. The zero-order chi connectivity index (χ0) is 28.6. The number of nitrogens with zero attached hydrogens (tertiary/aromatic N) is 3. The van der Waals surface area contributed by atoms with E-state index in [1.807, 2.05) is 17.4 Å². The van der Waals surface area contributed by atoms with Gasteiger partial charge in [0.05, 0.1) is 18.2 Å². The molecule has 2 unspecified atom stereocenters. The Morgan fingerprint density at radius 1 is 1.13 bits per heavy atom. The average Bonchev–Trinajstić information content (AvgIpc) is 3.39. The number of likely N-dealkylation sites (tertiary alicyclic amines) is 1. The molecule has 16 heteroatoms. The molecule has 2 fully saturated rings. The molecule has 2 aromatic rings. The molecule has 9 nitrogen and oxygen atoms in total. The van der Waals surface area contributed by atoms with Crippen LogP contribution in [0.15, 0.2) is 30.6 Å². The predicted octanol–water partition coefficient (Wildman–Crippen LogP) is 4.35. The summed E-state index contributed by atoms with van der Waals surface area (Å²) in [5, 5.41) is 17.7. The van der Waals surface area contributed by atoms with Crippen molar-refractivity contribution in [1.29, 1.82) is 0 Å². The topological polar surface area (TPSA) is 125 Å². The maximum atomic E-state index is 10.6. The van der Waals surface area contributed by atoms with Crippen LogP contribution in [0.4, 0.5) is 32.3 Å². The summed E-state index contributed by atoms with van der Waals surface area (Å²) in [6.45, 7) is 6.15. The van der Waals surface area contributed by atoms with Crippen LogP contribution in [-0.2, 0) is 20.9 Å². The van der Waals surface area contributed by atoms with Gasteiger partial charge >= 0.3 is 24.3 Å². The van der Waals surface area contributed by atoms with E-state index in [2.05, 4.69) is 39.2 Å². The quantitative estimate of drug-likeness (QED) is 0.459. The van der Waals surface area contributed by atoms with E-state index in [1.165, 1.54) is 22.7 Å². The van der Waals surface area contributed by atoms with Gasteiger partial charge in [-0.05, 0) is 44.5 Å². The smallest absolute Gasteiger partial charge is 0.475 e. The Morgan fingerprint density at radius 3 is 2.21 bits per heavy atom. The third-order valence-electron chi connectivity index (χ3n) is 5.39. The predicted molar refractivity (Wildman–Crippen MR) is 124 cm³/mol. The third-order valence-corrected chi connectivity index (χ3v) is 6.37. The minimum atomic E-state index is -5.08. The number of thiophene rings is 1. The number of carboxylic acids is 2. The molecule has 0 aliphatic carbocycles. The molecule has 0 saturated carbocycles.